The van der Waals surface area contributed by atoms with E-state index >= 15 is 0 Å². The Kier molecular flexibility index (Phi) is 3.87. The largest absolute Gasteiger partial charge is 0.481 e. The molecule has 0 aromatic carbocycles. The molecule has 4 aliphatic rings. The predicted octanol–water partition coefficient (Wildman–Crippen LogP) is 2.91. The number of halogens is 4. The predicted molar refractivity (Wildman–Crippen MR) is 95.6 cm³/mol. The first-order valence-corrected chi connectivity index (χ1v) is 9.99. The van der Waals surface area contributed by atoms with E-state index in [9.17, 15) is 22.4 Å². The molecule has 2 aliphatic heterocycles. The van der Waals surface area contributed by atoms with Gasteiger partial charge in [-0.3, -0.25) is 4.79 Å². The van der Waals surface area contributed by atoms with Gasteiger partial charge in [0.05, 0.1) is 12.6 Å². The Morgan fingerprint density at radius 1 is 1.21 bits per heavy atom. The Labute approximate surface area is 164 Å². The number of carboxylic acid groups (broad SMARTS) is 1. The van der Waals surface area contributed by atoms with Gasteiger partial charge in [0, 0.05) is 31.5 Å². The lowest BCUT2D eigenvalue weighted by Gasteiger charge is -2.46. The molecule has 1 saturated carbocycles. The highest BCUT2D eigenvalue weighted by Crippen LogP contribution is 2.55. The molecule has 0 bridgehead atoms. The molecule has 29 heavy (non-hydrogen) atoms. The average Bonchev–Trinajstić information content (AvgIpc) is 3.08. The van der Waals surface area contributed by atoms with Crippen LogP contribution in [-0.4, -0.2) is 52.6 Å². The van der Waals surface area contributed by atoms with Crippen molar-refractivity contribution < 1.29 is 27.5 Å². The zero-order valence-corrected chi connectivity index (χ0v) is 15.9. The molecule has 4 atom stereocenters. The maximum absolute atomic E-state index is 14.6. The van der Waals surface area contributed by atoms with Gasteiger partial charge < -0.3 is 14.9 Å². The van der Waals surface area contributed by atoms with E-state index in [0.29, 0.717) is 37.3 Å². The van der Waals surface area contributed by atoms with E-state index in [4.69, 9.17) is 5.11 Å². The number of anilines is 2. The van der Waals surface area contributed by atoms with E-state index in [-0.39, 0.29) is 42.2 Å². The van der Waals surface area contributed by atoms with Gasteiger partial charge in [-0.2, -0.15) is 13.8 Å². The second-order valence-corrected chi connectivity index (χ2v) is 8.79. The monoisotopic (exact) mass is 414 g/mol. The Morgan fingerprint density at radius 3 is 2.48 bits per heavy atom. The summed E-state index contributed by atoms with van der Waals surface area (Å²) in [4.78, 5) is 22.7. The number of rotatable bonds is 4. The second-order valence-electron chi connectivity index (χ2n) is 8.79. The van der Waals surface area contributed by atoms with Gasteiger partial charge in [0.2, 0.25) is 5.95 Å². The van der Waals surface area contributed by atoms with Crippen molar-refractivity contribution in [3.05, 3.63) is 11.3 Å². The highest BCUT2D eigenvalue weighted by atomic mass is 19.3. The van der Waals surface area contributed by atoms with Crippen LogP contribution in [0.5, 0.6) is 0 Å². The molecule has 2 unspecified atom stereocenters. The lowest BCUT2D eigenvalue weighted by Crippen LogP contribution is -2.64. The van der Waals surface area contributed by atoms with Crippen LogP contribution in [0.1, 0.15) is 37.4 Å². The molecule has 3 heterocycles. The minimum Gasteiger partial charge on any atom is -0.481 e. The Morgan fingerprint density at radius 2 is 1.90 bits per heavy atom. The van der Waals surface area contributed by atoms with Gasteiger partial charge in [-0.25, -0.2) is 13.8 Å². The third kappa shape index (κ3) is 2.85. The van der Waals surface area contributed by atoms with Gasteiger partial charge in [-0.15, -0.1) is 0 Å². The van der Waals surface area contributed by atoms with E-state index in [1.54, 1.807) is 0 Å². The fourth-order valence-electron chi connectivity index (χ4n) is 5.17. The summed E-state index contributed by atoms with van der Waals surface area (Å²) in [5, 5.41) is 8.99. The Bertz CT molecular complexity index is 868. The molecule has 2 saturated heterocycles. The molecule has 6 nitrogen and oxygen atoms in total. The highest BCUT2D eigenvalue weighted by molar-refractivity contribution is 5.68. The molecule has 2 aliphatic carbocycles. The van der Waals surface area contributed by atoms with Gasteiger partial charge in [0.15, 0.2) is 0 Å². The van der Waals surface area contributed by atoms with Crippen molar-refractivity contribution in [1.82, 2.24) is 9.97 Å². The van der Waals surface area contributed by atoms with E-state index < -0.39 is 30.4 Å². The standard InChI is InChI=1S/C19H22F4N4O2/c1-9-19(22,23)8-27(9)17-24-15-10(3-2-4-18(15,20)21)16(25-17)26-6-12-11(5-14(28)29)13(12)7-26/h9,11-13H,2-8H2,1H3,(H,28,29)/t9?,11?,12-,13+. The third-order valence-corrected chi connectivity index (χ3v) is 7.04. The van der Waals surface area contributed by atoms with Gasteiger partial charge in [-0.05, 0) is 37.5 Å². The number of aliphatic carboxylic acids is 1. The van der Waals surface area contributed by atoms with Crippen molar-refractivity contribution in [2.45, 2.75) is 50.5 Å². The van der Waals surface area contributed by atoms with Crippen LogP contribution in [0.2, 0.25) is 0 Å². The number of aromatic nitrogens is 2. The van der Waals surface area contributed by atoms with Gasteiger partial charge in [0.25, 0.3) is 11.8 Å². The minimum absolute atomic E-state index is 0.0681. The fourth-order valence-corrected chi connectivity index (χ4v) is 5.17. The van der Waals surface area contributed by atoms with Crippen LogP contribution in [0, 0.1) is 17.8 Å². The summed E-state index contributed by atoms with van der Waals surface area (Å²) in [5.41, 5.74) is 0.0647. The zero-order valence-electron chi connectivity index (χ0n) is 15.9. The van der Waals surface area contributed by atoms with Crippen LogP contribution in [0.15, 0.2) is 0 Å². The normalized spacial score (nSPS) is 33.7. The number of hydrogen-bond donors (Lipinski definition) is 1. The molecular formula is C19H22F4N4O2. The third-order valence-electron chi connectivity index (χ3n) is 7.04. The number of alkyl halides is 4. The first-order chi connectivity index (χ1) is 13.6. The summed E-state index contributed by atoms with van der Waals surface area (Å²) in [6.45, 7) is 1.88. The van der Waals surface area contributed by atoms with Crippen molar-refractivity contribution in [2.24, 2.45) is 17.8 Å². The molecule has 0 spiro atoms. The summed E-state index contributed by atoms with van der Waals surface area (Å²) in [5.74, 6) is -5.92. The zero-order chi connectivity index (χ0) is 20.7. The fraction of sp³-hybridized carbons (Fsp3) is 0.737. The molecule has 0 radical (unpaired) electrons. The summed E-state index contributed by atoms with van der Waals surface area (Å²) in [6, 6.07) is -1.14. The van der Waals surface area contributed by atoms with Gasteiger partial charge in [0.1, 0.15) is 11.5 Å². The van der Waals surface area contributed by atoms with E-state index in [2.05, 4.69) is 9.97 Å². The van der Waals surface area contributed by atoms with Gasteiger partial charge >= 0.3 is 5.97 Å². The van der Waals surface area contributed by atoms with Crippen LogP contribution in [0.3, 0.4) is 0 Å². The lowest BCUT2D eigenvalue weighted by molar-refractivity contribution is -0.137. The number of piperidine rings is 1. The van der Waals surface area contributed by atoms with Crippen molar-refractivity contribution in [3.63, 3.8) is 0 Å². The smallest absolute Gasteiger partial charge is 0.303 e. The second kappa shape index (κ2) is 5.95. The van der Waals surface area contributed by atoms with E-state index in [1.165, 1.54) is 11.8 Å². The molecule has 1 aromatic rings. The number of nitrogens with zero attached hydrogens (tertiary/aromatic N) is 4. The number of carboxylic acids is 1. The van der Waals surface area contributed by atoms with Crippen molar-refractivity contribution in [1.29, 1.82) is 0 Å². The first kappa shape index (κ1) is 18.9. The van der Waals surface area contributed by atoms with Crippen molar-refractivity contribution in [3.8, 4) is 0 Å². The molecule has 3 fully saturated rings. The molecule has 1 aromatic heterocycles. The summed E-state index contributed by atoms with van der Waals surface area (Å²) in [6.07, 6.45) is 0.551. The maximum atomic E-state index is 14.6. The summed E-state index contributed by atoms with van der Waals surface area (Å²) >= 11 is 0. The number of fused-ring (bicyclic) bond motifs is 2. The van der Waals surface area contributed by atoms with Crippen LogP contribution >= 0.6 is 0 Å². The molecule has 1 N–H and O–H groups in total. The lowest BCUT2D eigenvalue weighted by atomic mass is 9.92. The minimum atomic E-state index is -3.11. The summed E-state index contributed by atoms with van der Waals surface area (Å²) in [7, 11) is 0. The quantitative estimate of drug-likeness (QED) is 0.765. The number of carbonyl (C=O) groups is 1. The SMILES string of the molecule is CC1N(c2nc(N3C[C@@H]4C(CC(=O)O)[C@@H]4C3)c3c(n2)C(F)(F)CCC3)CC1(F)F. The Balaban J connectivity index is 1.47. The topological polar surface area (TPSA) is 69.6 Å². The average molecular weight is 414 g/mol. The van der Waals surface area contributed by atoms with E-state index in [1.807, 2.05) is 4.90 Å². The van der Waals surface area contributed by atoms with E-state index in [0.717, 1.165) is 0 Å². The molecular weight excluding hydrogens is 392 g/mol. The van der Waals surface area contributed by atoms with Crippen LogP contribution in [0.4, 0.5) is 29.3 Å². The summed E-state index contributed by atoms with van der Waals surface area (Å²) < 4.78 is 56.6. The maximum Gasteiger partial charge on any atom is 0.303 e. The molecule has 10 heteroatoms. The van der Waals surface area contributed by atoms with Gasteiger partial charge in [-0.1, -0.05) is 0 Å². The van der Waals surface area contributed by atoms with Crippen LogP contribution in [-0.2, 0) is 17.1 Å². The number of hydrogen-bond acceptors (Lipinski definition) is 5. The van der Waals surface area contributed by atoms with Crippen molar-refractivity contribution >= 4 is 17.7 Å². The first-order valence-electron chi connectivity index (χ1n) is 9.99. The Hall–Kier alpha value is -2.13. The highest BCUT2D eigenvalue weighted by Gasteiger charge is 2.57. The molecule has 158 valence electrons. The van der Waals surface area contributed by atoms with Crippen LogP contribution in [0.25, 0.3) is 0 Å². The van der Waals surface area contributed by atoms with Crippen molar-refractivity contribution in [2.75, 3.05) is 29.4 Å². The molecule has 0 amide bonds. The molecule has 5 rings (SSSR count). The van der Waals surface area contributed by atoms with Crippen LogP contribution < -0.4 is 9.80 Å².